The lowest BCUT2D eigenvalue weighted by molar-refractivity contribution is -0.0401. The normalized spacial score (nSPS) is 17.8. The van der Waals surface area contributed by atoms with Crippen LogP contribution in [0.3, 0.4) is 0 Å². The maximum atomic E-state index is 12.9. The molecule has 2 aromatic carbocycles. The van der Waals surface area contributed by atoms with Gasteiger partial charge in [-0.05, 0) is 49.1 Å². The molecular weight excluding hydrogens is 422 g/mol. The summed E-state index contributed by atoms with van der Waals surface area (Å²) in [5, 5.41) is 4.62. The molecule has 170 valence electrons. The molecule has 5 rings (SSSR count). The summed E-state index contributed by atoms with van der Waals surface area (Å²) < 4.78 is 18.9. The van der Waals surface area contributed by atoms with E-state index in [1.165, 1.54) is 4.90 Å². The van der Waals surface area contributed by atoms with E-state index in [-0.39, 0.29) is 24.6 Å². The number of hydrogen-bond acceptors (Lipinski definition) is 6. The highest BCUT2D eigenvalue weighted by molar-refractivity contribution is 6.21. The second kappa shape index (κ2) is 9.07. The number of rotatable bonds is 7. The quantitative estimate of drug-likeness (QED) is 0.510. The molecule has 2 aliphatic heterocycles. The fourth-order valence-electron chi connectivity index (χ4n) is 4.15. The summed E-state index contributed by atoms with van der Waals surface area (Å²) in [6.45, 7) is 1.05. The Morgan fingerprint density at radius 1 is 1.03 bits per heavy atom. The predicted molar refractivity (Wildman–Crippen MR) is 119 cm³/mol. The number of methoxy groups -OCH3 is 1. The molecule has 1 unspecified atom stereocenters. The van der Waals surface area contributed by atoms with Crippen LogP contribution in [0.25, 0.3) is 0 Å². The summed E-state index contributed by atoms with van der Waals surface area (Å²) in [6, 6.07) is 14.4. The number of benzene rings is 2. The maximum Gasteiger partial charge on any atom is 0.261 e. The summed E-state index contributed by atoms with van der Waals surface area (Å²) in [5.74, 6) is 0.539. The Balaban J connectivity index is 1.39. The summed E-state index contributed by atoms with van der Waals surface area (Å²) in [6.07, 6.45) is 4.58. The van der Waals surface area contributed by atoms with E-state index in [9.17, 15) is 9.59 Å². The molecule has 1 atom stereocenters. The van der Waals surface area contributed by atoms with Crippen molar-refractivity contribution in [2.45, 2.75) is 38.6 Å². The first-order chi connectivity index (χ1) is 16.1. The fourth-order valence-corrected chi connectivity index (χ4v) is 4.15. The van der Waals surface area contributed by atoms with Gasteiger partial charge in [0.1, 0.15) is 18.6 Å². The molecule has 0 saturated carbocycles. The average molecular weight is 447 g/mol. The smallest absolute Gasteiger partial charge is 0.261 e. The van der Waals surface area contributed by atoms with Gasteiger partial charge in [0.15, 0.2) is 0 Å². The van der Waals surface area contributed by atoms with E-state index in [1.807, 2.05) is 30.5 Å². The lowest BCUT2D eigenvalue weighted by Crippen LogP contribution is -2.29. The summed E-state index contributed by atoms with van der Waals surface area (Å²) in [5.41, 5.74) is 2.45. The fraction of sp³-hybridized carbons (Fsp3) is 0.320. The molecular formula is C25H25N3O5. The van der Waals surface area contributed by atoms with Crippen LogP contribution in [-0.4, -0.2) is 40.2 Å². The second-order valence-corrected chi connectivity index (χ2v) is 8.14. The first kappa shape index (κ1) is 21.2. The molecule has 3 aromatic rings. The Morgan fingerprint density at radius 3 is 2.39 bits per heavy atom. The van der Waals surface area contributed by atoms with E-state index in [2.05, 4.69) is 5.10 Å². The van der Waals surface area contributed by atoms with E-state index >= 15 is 0 Å². The van der Waals surface area contributed by atoms with Crippen LogP contribution in [0.1, 0.15) is 57.3 Å². The van der Waals surface area contributed by atoms with Gasteiger partial charge in [0.05, 0.1) is 30.3 Å². The third-order valence-electron chi connectivity index (χ3n) is 5.96. The SMILES string of the molecule is COc1ccc(COc2nn(C3CCCCO3)cc2CN2C(=O)c3ccccc3C2=O)cc1. The largest absolute Gasteiger partial charge is 0.497 e. The van der Waals surface area contributed by atoms with Crippen LogP contribution in [0, 0.1) is 0 Å². The molecule has 0 N–H and O–H groups in total. The van der Waals surface area contributed by atoms with Crippen LogP contribution >= 0.6 is 0 Å². The molecule has 3 heterocycles. The first-order valence-electron chi connectivity index (χ1n) is 11.0. The van der Waals surface area contributed by atoms with E-state index in [1.54, 1.807) is 36.1 Å². The number of ether oxygens (including phenoxy) is 3. The molecule has 2 aliphatic rings. The Labute approximate surface area is 191 Å². The van der Waals surface area contributed by atoms with Crippen LogP contribution < -0.4 is 9.47 Å². The van der Waals surface area contributed by atoms with Crippen molar-refractivity contribution in [1.82, 2.24) is 14.7 Å². The van der Waals surface area contributed by atoms with Crippen LogP contribution in [-0.2, 0) is 17.9 Å². The highest BCUT2D eigenvalue weighted by atomic mass is 16.5. The molecule has 0 radical (unpaired) electrons. The van der Waals surface area contributed by atoms with E-state index < -0.39 is 0 Å². The first-order valence-corrected chi connectivity index (χ1v) is 11.0. The third kappa shape index (κ3) is 4.21. The van der Waals surface area contributed by atoms with Crippen molar-refractivity contribution < 1.29 is 23.8 Å². The summed E-state index contributed by atoms with van der Waals surface area (Å²) in [7, 11) is 1.62. The van der Waals surface area contributed by atoms with Crippen LogP contribution in [0.15, 0.2) is 54.7 Å². The monoisotopic (exact) mass is 447 g/mol. The van der Waals surface area contributed by atoms with Gasteiger partial charge in [-0.1, -0.05) is 24.3 Å². The Kier molecular flexibility index (Phi) is 5.83. The van der Waals surface area contributed by atoms with Crippen LogP contribution in [0.4, 0.5) is 0 Å². The van der Waals surface area contributed by atoms with Crippen molar-refractivity contribution in [2.24, 2.45) is 0 Å². The topological polar surface area (TPSA) is 82.9 Å². The number of carbonyl (C=O) groups is 2. The number of imide groups is 1. The lowest BCUT2D eigenvalue weighted by atomic mass is 10.1. The Bertz CT molecular complexity index is 1130. The van der Waals surface area contributed by atoms with Gasteiger partial charge in [-0.3, -0.25) is 14.5 Å². The number of amides is 2. The summed E-state index contributed by atoms with van der Waals surface area (Å²) >= 11 is 0. The summed E-state index contributed by atoms with van der Waals surface area (Å²) in [4.78, 5) is 27.0. The molecule has 8 nitrogen and oxygen atoms in total. The van der Waals surface area contributed by atoms with Crippen molar-refractivity contribution in [3.8, 4) is 11.6 Å². The van der Waals surface area contributed by atoms with E-state index in [4.69, 9.17) is 14.2 Å². The third-order valence-corrected chi connectivity index (χ3v) is 5.96. The number of aromatic nitrogens is 2. The van der Waals surface area contributed by atoms with Crippen molar-refractivity contribution in [2.75, 3.05) is 13.7 Å². The molecule has 1 aromatic heterocycles. The van der Waals surface area contributed by atoms with Gasteiger partial charge in [0.25, 0.3) is 11.8 Å². The minimum Gasteiger partial charge on any atom is -0.497 e. The van der Waals surface area contributed by atoms with Gasteiger partial charge in [0, 0.05) is 12.8 Å². The zero-order valence-corrected chi connectivity index (χ0v) is 18.4. The van der Waals surface area contributed by atoms with Gasteiger partial charge < -0.3 is 14.2 Å². The van der Waals surface area contributed by atoms with Gasteiger partial charge in [0.2, 0.25) is 5.88 Å². The minimum atomic E-state index is -0.307. The average Bonchev–Trinajstić information content (AvgIpc) is 3.38. The molecule has 0 bridgehead atoms. The van der Waals surface area contributed by atoms with Crippen LogP contribution in [0.5, 0.6) is 11.6 Å². The van der Waals surface area contributed by atoms with Crippen LogP contribution in [0.2, 0.25) is 0 Å². The number of fused-ring (bicyclic) bond motifs is 1. The Morgan fingerprint density at radius 2 is 1.76 bits per heavy atom. The van der Waals surface area contributed by atoms with Gasteiger partial charge in [-0.2, -0.15) is 0 Å². The molecule has 1 fully saturated rings. The van der Waals surface area contributed by atoms with Crippen molar-refractivity contribution in [1.29, 1.82) is 0 Å². The molecule has 1 saturated heterocycles. The highest BCUT2D eigenvalue weighted by Crippen LogP contribution is 2.30. The van der Waals surface area contributed by atoms with Gasteiger partial charge in [-0.25, -0.2) is 4.68 Å². The van der Waals surface area contributed by atoms with Crippen molar-refractivity contribution in [3.05, 3.63) is 77.0 Å². The molecule has 2 amide bonds. The van der Waals surface area contributed by atoms with E-state index in [0.717, 1.165) is 30.6 Å². The zero-order valence-electron chi connectivity index (χ0n) is 18.4. The predicted octanol–water partition coefficient (Wildman–Crippen LogP) is 3.97. The van der Waals surface area contributed by atoms with Gasteiger partial charge in [-0.15, -0.1) is 5.10 Å². The molecule has 0 spiro atoms. The standard InChI is InChI=1S/C25H25N3O5/c1-31-19-11-9-17(10-12-19)16-33-23-18(15-28(26-23)22-8-4-5-13-32-22)14-27-24(29)20-6-2-3-7-21(20)25(27)30/h2-3,6-7,9-12,15,22H,4-5,8,13-14,16H2,1H3. The number of hydrogen-bond donors (Lipinski definition) is 0. The maximum absolute atomic E-state index is 12.9. The lowest BCUT2D eigenvalue weighted by Gasteiger charge is -2.22. The zero-order chi connectivity index (χ0) is 22.8. The van der Waals surface area contributed by atoms with Gasteiger partial charge >= 0.3 is 0 Å². The highest BCUT2D eigenvalue weighted by Gasteiger charge is 2.36. The Hall–Kier alpha value is -3.65. The molecule has 0 aliphatic carbocycles. The minimum absolute atomic E-state index is 0.0804. The molecule has 33 heavy (non-hydrogen) atoms. The van der Waals surface area contributed by atoms with E-state index in [0.29, 0.717) is 35.8 Å². The second-order valence-electron chi connectivity index (χ2n) is 8.14. The number of carbonyl (C=O) groups excluding carboxylic acids is 2. The van der Waals surface area contributed by atoms with Crippen molar-refractivity contribution in [3.63, 3.8) is 0 Å². The molecule has 8 heteroatoms. The number of nitrogens with zero attached hydrogens (tertiary/aromatic N) is 3. The van der Waals surface area contributed by atoms with Crippen molar-refractivity contribution >= 4 is 11.8 Å².